The number of amides is 1. The van der Waals surface area contributed by atoms with Gasteiger partial charge in [-0.05, 0) is 72.5 Å². The highest BCUT2D eigenvalue weighted by molar-refractivity contribution is 6.46. The van der Waals surface area contributed by atoms with Crippen molar-refractivity contribution in [2.45, 2.75) is 33.4 Å². The van der Waals surface area contributed by atoms with E-state index < -0.39 is 17.7 Å². The molecule has 0 bridgehead atoms. The van der Waals surface area contributed by atoms with E-state index >= 15 is 0 Å². The van der Waals surface area contributed by atoms with Crippen LogP contribution in [0.4, 0.5) is 0 Å². The van der Waals surface area contributed by atoms with Crippen molar-refractivity contribution in [2.24, 2.45) is 5.92 Å². The van der Waals surface area contributed by atoms with Crippen LogP contribution in [0.2, 0.25) is 0 Å². The van der Waals surface area contributed by atoms with Crippen molar-refractivity contribution in [3.05, 3.63) is 89.0 Å². The van der Waals surface area contributed by atoms with Gasteiger partial charge in [-0.15, -0.1) is 0 Å². The molecule has 1 atom stereocenters. The van der Waals surface area contributed by atoms with Crippen molar-refractivity contribution in [2.75, 3.05) is 20.3 Å². The highest BCUT2D eigenvalue weighted by Crippen LogP contribution is 2.42. The number of hydrogen-bond donors (Lipinski definition) is 2. The van der Waals surface area contributed by atoms with Gasteiger partial charge in [0.1, 0.15) is 17.3 Å². The molecule has 8 nitrogen and oxygen atoms in total. The Bertz CT molecular complexity index is 1360. The maximum absolute atomic E-state index is 13.4. The van der Waals surface area contributed by atoms with Crippen LogP contribution in [0.5, 0.6) is 23.0 Å². The van der Waals surface area contributed by atoms with Gasteiger partial charge in [-0.1, -0.05) is 32.0 Å². The third-order valence-electron chi connectivity index (χ3n) is 6.36. The van der Waals surface area contributed by atoms with Crippen molar-refractivity contribution in [1.82, 2.24) is 4.90 Å². The number of hydrogen-bond acceptors (Lipinski definition) is 7. The molecule has 0 radical (unpaired) electrons. The Morgan fingerprint density at radius 2 is 1.62 bits per heavy atom. The van der Waals surface area contributed by atoms with Gasteiger partial charge in [-0.25, -0.2) is 0 Å². The standard InChI is InChI=1S/C31H33NO7/c1-5-38-26-16-22(10-15-25(26)33)28-27(29(34)21-8-13-24(14-9-21)39-18-19(2)3)30(35)31(36)32(28)17-20-6-11-23(37-4)12-7-20/h6-16,19,28,33-34H,5,17-18H2,1-4H3/b29-27-. The highest BCUT2D eigenvalue weighted by atomic mass is 16.5. The fourth-order valence-electron chi connectivity index (χ4n) is 4.42. The summed E-state index contributed by atoms with van der Waals surface area (Å²) >= 11 is 0. The molecule has 1 unspecified atom stereocenters. The zero-order valence-electron chi connectivity index (χ0n) is 22.5. The second kappa shape index (κ2) is 11.9. The Labute approximate surface area is 228 Å². The van der Waals surface area contributed by atoms with Crippen molar-refractivity contribution in [1.29, 1.82) is 0 Å². The number of aliphatic hydroxyl groups excluding tert-OH is 1. The Morgan fingerprint density at radius 1 is 0.949 bits per heavy atom. The predicted molar refractivity (Wildman–Crippen MR) is 147 cm³/mol. The number of likely N-dealkylation sites (tertiary alicyclic amines) is 1. The van der Waals surface area contributed by atoms with E-state index in [4.69, 9.17) is 14.2 Å². The molecule has 0 saturated carbocycles. The molecule has 8 heteroatoms. The number of aliphatic hydroxyl groups is 1. The van der Waals surface area contributed by atoms with Crippen molar-refractivity contribution in [3.63, 3.8) is 0 Å². The lowest BCUT2D eigenvalue weighted by Gasteiger charge is -2.26. The molecule has 3 aromatic rings. The minimum atomic E-state index is -0.913. The van der Waals surface area contributed by atoms with E-state index in [-0.39, 0.29) is 29.4 Å². The van der Waals surface area contributed by atoms with Crippen LogP contribution in [-0.2, 0) is 16.1 Å². The molecule has 1 fully saturated rings. The molecule has 3 aromatic carbocycles. The number of Topliss-reactive ketones (excluding diaryl/α,β-unsaturated/α-hetero) is 1. The van der Waals surface area contributed by atoms with Gasteiger partial charge < -0.3 is 29.3 Å². The Hall–Kier alpha value is -4.46. The van der Waals surface area contributed by atoms with Gasteiger partial charge in [0.25, 0.3) is 11.7 Å². The lowest BCUT2D eigenvalue weighted by molar-refractivity contribution is -0.140. The quantitative estimate of drug-likeness (QED) is 0.203. The molecule has 1 saturated heterocycles. The van der Waals surface area contributed by atoms with E-state index in [0.717, 1.165) is 5.56 Å². The van der Waals surface area contributed by atoms with E-state index in [1.165, 1.54) is 11.0 Å². The molecule has 204 valence electrons. The summed E-state index contributed by atoms with van der Waals surface area (Å²) in [7, 11) is 1.57. The summed E-state index contributed by atoms with van der Waals surface area (Å²) in [5.41, 5.74) is 1.63. The summed E-state index contributed by atoms with van der Waals surface area (Å²) in [5, 5.41) is 21.6. The summed E-state index contributed by atoms with van der Waals surface area (Å²) in [6, 6.07) is 17.7. The largest absolute Gasteiger partial charge is 0.507 e. The monoisotopic (exact) mass is 531 g/mol. The first-order valence-electron chi connectivity index (χ1n) is 12.8. The average Bonchev–Trinajstić information content (AvgIpc) is 3.18. The third kappa shape index (κ3) is 6.00. The maximum Gasteiger partial charge on any atom is 0.295 e. The predicted octanol–water partition coefficient (Wildman–Crippen LogP) is 5.46. The topological polar surface area (TPSA) is 106 Å². The van der Waals surface area contributed by atoms with Crippen LogP contribution in [0.1, 0.15) is 43.5 Å². The molecule has 1 aliphatic heterocycles. The Kier molecular flexibility index (Phi) is 8.44. The molecular formula is C31H33NO7. The van der Waals surface area contributed by atoms with Gasteiger partial charge in [0.15, 0.2) is 11.5 Å². The smallest absolute Gasteiger partial charge is 0.295 e. The van der Waals surface area contributed by atoms with E-state index in [1.807, 2.05) is 26.0 Å². The number of rotatable bonds is 10. The van der Waals surface area contributed by atoms with Gasteiger partial charge in [-0.3, -0.25) is 9.59 Å². The number of nitrogens with zero attached hydrogens (tertiary/aromatic N) is 1. The number of methoxy groups -OCH3 is 1. The number of carbonyl (C=O) groups excluding carboxylic acids is 2. The van der Waals surface area contributed by atoms with Gasteiger partial charge in [-0.2, -0.15) is 0 Å². The van der Waals surface area contributed by atoms with Crippen molar-refractivity contribution < 1.29 is 34.0 Å². The van der Waals surface area contributed by atoms with Gasteiger partial charge in [0.05, 0.1) is 31.9 Å². The third-order valence-corrected chi connectivity index (χ3v) is 6.36. The van der Waals surface area contributed by atoms with E-state index in [2.05, 4.69) is 0 Å². The molecule has 2 N–H and O–H groups in total. The highest BCUT2D eigenvalue weighted by Gasteiger charge is 2.46. The van der Waals surface area contributed by atoms with Crippen LogP contribution >= 0.6 is 0 Å². The van der Waals surface area contributed by atoms with E-state index in [1.54, 1.807) is 62.6 Å². The van der Waals surface area contributed by atoms with Gasteiger partial charge in [0, 0.05) is 12.1 Å². The fraction of sp³-hybridized carbons (Fsp3) is 0.290. The summed E-state index contributed by atoms with van der Waals surface area (Å²) in [4.78, 5) is 28.2. The first-order chi connectivity index (χ1) is 18.7. The second-order valence-corrected chi connectivity index (χ2v) is 9.66. The summed E-state index contributed by atoms with van der Waals surface area (Å²) < 4.78 is 16.5. The summed E-state index contributed by atoms with van der Waals surface area (Å²) in [5.74, 6) is -0.0164. The first-order valence-corrected chi connectivity index (χ1v) is 12.8. The normalized spacial score (nSPS) is 16.5. The zero-order chi connectivity index (χ0) is 28.1. The van der Waals surface area contributed by atoms with E-state index in [0.29, 0.717) is 41.8 Å². The Morgan fingerprint density at radius 3 is 2.23 bits per heavy atom. The number of benzene rings is 3. The number of ether oxygens (including phenoxy) is 3. The molecule has 1 amide bonds. The van der Waals surface area contributed by atoms with Gasteiger partial charge in [0.2, 0.25) is 0 Å². The maximum atomic E-state index is 13.4. The SMILES string of the molecule is CCOc1cc(C2/C(=C(/O)c3ccc(OCC(C)C)cc3)C(=O)C(=O)N2Cc2ccc(OC)cc2)ccc1O. The minimum absolute atomic E-state index is 0.0440. The number of aromatic hydroxyl groups is 1. The number of phenols is 1. The molecule has 0 aromatic heterocycles. The lowest BCUT2D eigenvalue weighted by atomic mass is 9.94. The van der Waals surface area contributed by atoms with Gasteiger partial charge >= 0.3 is 0 Å². The van der Waals surface area contributed by atoms with Crippen LogP contribution in [-0.4, -0.2) is 47.1 Å². The Balaban J connectivity index is 1.79. The lowest BCUT2D eigenvalue weighted by Crippen LogP contribution is -2.29. The van der Waals surface area contributed by atoms with Crippen LogP contribution in [0.3, 0.4) is 0 Å². The number of phenolic OH excluding ortho intramolecular Hbond substituents is 1. The molecule has 4 rings (SSSR count). The molecular weight excluding hydrogens is 498 g/mol. The first kappa shape index (κ1) is 27.6. The number of ketones is 1. The van der Waals surface area contributed by atoms with Crippen LogP contribution in [0.15, 0.2) is 72.3 Å². The molecule has 0 spiro atoms. The van der Waals surface area contributed by atoms with Crippen molar-refractivity contribution >= 4 is 17.4 Å². The zero-order valence-corrected chi connectivity index (χ0v) is 22.5. The minimum Gasteiger partial charge on any atom is -0.507 e. The average molecular weight is 532 g/mol. The van der Waals surface area contributed by atoms with E-state index in [9.17, 15) is 19.8 Å². The summed E-state index contributed by atoms with van der Waals surface area (Å²) in [6.45, 7) is 6.86. The number of carbonyl (C=O) groups is 2. The van der Waals surface area contributed by atoms with Crippen LogP contribution in [0.25, 0.3) is 5.76 Å². The molecule has 1 aliphatic rings. The molecule has 0 aliphatic carbocycles. The second-order valence-electron chi connectivity index (χ2n) is 9.66. The fourth-order valence-corrected chi connectivity index (χ4v) is 4.42. The van der Waals surface area contributed by atoms with Crippen molar-refractivity contribution in [3.8, 4) is 23.0 Å². The summed E-state index contributed by atoms with van der Waals surface area (Å²) in [6.07, 6.45) is 0. The van der Waals surface area contributed by atoms with Crippen LogP contribution in [0, 0.1) is 5.92 Å². The molecule has 39 heavy (non-hydrogen) atoms. The van der Waals surface area contributed by atoms with Crippen LogP contribution < -0.4 is 14.2 Å². The molecule has 1 heterocycles.